The first-order chi connectivity index (χ1) is 16.0. The Morgan fingerprint density at radius 3 is 2.44 bits per heavy atom. The average Bonchev–Trinajstić information content (AvgIpc) is 3.48. The summed E-state index contributed by atoms with van der Waals surface area (Å²) in [5.41, 5.74) is -1.54. The number of hydrogen-bond acceptors (Lipinski definition) is 3. The summed E-state index contributed by atoms with van der Waals surface area (Å²) in [6.45, 7) is 1.76. The van der Waals surface area contributed by atoms with Crippen molar-refractivity contribution in [2.75, 3.05) is 13.1 Å². The van der Waals surface area contributed by atoms with Crippen LogP contribution in [0.15, 0.2) is 47.6 Å². The first-order valence-electron chi connectivity index (χ1n) is 11.2. The van der Waals surface area contributed by atoms with Crippen molar-refractivity contribution >= 4 is 23.2 Å². The van der Waals surface area contributed by atoms with Crippen LogP contribution in [0.1, 0.15) is 54.9 Å². The number of amides is 1. The van der Waals surface area contributed by atoms with E-state index in [-0.39, 0.29) is 36.0 Å². The second-order valence-electron chi connectivity index (χ2n) is 9.70. The van der Waals surface area contributed by atoms with Gasteiger partial charge >= 0.3 is 6.18 Å². The summed E-state index contributed by atoms with van der Waals surface area (Å²) in [6.07, 6.45) is -1.64. The van der Waals surface area contributed by atoms with E-state index in [2.05, 4.69) is 5.16 Å². The van der Waals surface area contributed by atoms with E-state index in [4.69, 9.17) is 16.4 Å². The molecule has 4 nitrogen and oxygen atoms in total. The number of rotatable bonds is 5. The number of carbonyl (C=O) groups is 1. The largest absolute Gasteiger partial charge is 0.416 e. The minimum Gasteiger partial charge on any atom is -0.384 e. The summed E-state index contributed by atoms with van der Waals surface area (Å²) >= 11 is 5.93. The maximum Gasteiger partial charge on any atom is 0.416 e. The lowest BCUT2D eigenvalue weighted by Gasteiger charge is -2.45. The van der Waals surface area contributed by atoms with Crippen LogP contribution < -0.4 is 0 Å². The standard InChI is InChI=1S/C25H23ClF4N2O2/c1-23(18-9-19(25(28,29)30)11-20(26)10-18)12-21(31-34-23)16-4-6-17(7-5-16)24(27)13-32(14-24)22(33)8-15-2-3-15/h4-7,9-11,15H,2-3,8,12-14H2,1H3. The van der Waals surface area contributed by atoms with Crippen molar-refractivity contribution in [3.05, 3.63) is 69.7 Å². The Morgan fingerprint density at radius 1 is 1.15 bits per heavy atom. The molecule has 3 aliphatic rings. The lowest BCUT2D eigenvalue weighted by Crippen LogP contribution is -2.58. The van der Waals surface area contributed by atoms with Crippen molar-refractivity contribution in [1.82, 2.24) is 4.90 Å². The highest BCUT2D eigenvalue weighted by atomic mass is 35.5. The van der Waals surface area contributed by atoms with Gasteiger partial charge in [-0.3, -0.25) is 4.79 Å². The smallest absolute Gasteiger partial charge is 0.384 e. The van der Waals surface area contributed by atoms with Gasteiger partial charge in [0, 0.05) is 23.4 Å². The summed E-state index contributed by atoms with van der Waals surface area (Å²) in [7, 11) is 0. The molecule has 0 aromatic heterocycles. The second-order valence-corrected chi connectivity index (χ2v) is 10.1. The van der Waals surface area contributed by atoms with Crippen LogP contribution in [0.3, 0.4) is 0 Å². The van der Waals surface area contributed by atoms with Crippen LogP contribution >= 0.6 is 11.6 Å². The maximum absolute atomic E-state index is 15.3. The van der Waals surface area contributed by atoms with Crippen molar-refractivity contribution in [2.45, 2.75) is 50.1 Å². The first kappa shape index (κ1) is 23.1. The van der Waals surface area contributed by atoms with E-state index < -0.39 is 23.0 Å². The molecule has 0 bridgehead atoms. The van der Waals surface area contributed by atoms with Crippen molar-refractivity contribution in [3.8, 4) is 0 Å². The monoisotopic (exact) mass is 494 g/mol. The molecule has 1 amide bonds. The third kappa shape index (κ3) is 4.40. The van der Waals surface area contributed by atoms with Crippen LogP contribution in [-0.4, -0.2) is 29.6 Å². The fourth-order valence-corrected chi connectivity index (χ4v) is 4.72. The molecule has 1 saturated carbocycles. The summed E-state index contributed by atoms with van der Waals surface area (Å²) in [5, 5.41) is 4.06. The van der Waals surface area contributed by atoms with Gasteiger partial charge in [-0.15, -0.1) is 0 Å². The number of oxime groups is 1. The minimum absolute atomic E-state index is 0.0128. The molecule has 0 spiro atoms. The highest BCUT2D eigenvalue weighted by Gasteiger charge is 2.48. The molecular formula is C25H23ClF4N2O2. The molecule has 5 rings (SSSR count). The maximum atomic E-state index is 15.3. The van der Waals surface area contributed by atoms with Gasteiger partial charge in [-0.25, -0.2) is 4.39 Å². The van der Waals surface area contributed by atoms with Gasteiger partial charge in [0.2, 0.25) is 5.91 Å². The lowest BCUT2D eigenvalue weighted by atomic mass is 9.85. The zero-order chi connectivity index (χ0) is 24.3. The SMILES string of the molecule is CC1(c2cc(Cl)cc(C(F)(F)F)c2)CC(c2ccc(C3(F)CN(C(=O)CC4CC4)C3)cc2)=NO1. The molecule has 2 aromatic rings. The summed E-state index contributed by atoms with van der Waals surface area (Å²) in [5.74, 6) is 0.479. The highest BCUT2D eigenvalue weighted by molar-refractivity contribution is 6.30. The van der Waals surface area contributed by atoms with E-state index in [0.717, 1.165) is 25.0 Å². The Hall–Kier alpha value is -2.61. The van der Waals surface area contributed by atoms with Crippen molar-refractivity contribution < 1.29 is 27.2 Å². The molecule has 180 valence electrons. The second kappa shape index (κ2) is 7.97. The molecule has 1 unspecified atom stereocenters. The van der Waals surface area contributed by atoms with Gasteiger partial charge in [-0.2, -0.15) is 13.2 Å². The number of alkyl halides is 4. The minimum atomic E-state index is -4.53. The fraction of sp³-hybridized carbons (Fsp3) is 0.440. The van der Waals surface area contributed by atoms with E-state index in [1.165, 1.54) is 6.07 Å². The zero-order valence-corrected chi connectivity index (χ0v) is 19.2. The van der Waals surface area contributed by atoms with Crippen LogP contribution in [0.5, 0.6) is 0 Å². The number of hydrogen-bond donors (Lipinski definition) is 0. The van der Waals surface area contributed by atoms with E-state index >= 15 is 4.39 Å². The molecule has 0 N–H and O–H groups in total. The third-order valence-corrected chi connectivity index (χ3v) is 7.05. The van der Waals surface area contributed by atoms with E-state index in [0.29, 0.717) is 29.2 Å². The van der Waals surface area contributed by atoms with Crippen molar-refractivity contribution in [1.29, 1.82) is 0 Å². The average molecular weight is 495 g/mol. The quantitative estimate of drug-likeness (QED) is 0.464. The Morgan fingerprint density at radius 2 is 1.82 bits per heavy atom. The summed E-state index contributed by atoms with van der Waals surface area (Å²) in [6, 6.07) is 10.1. The van der Waals surface area contributed by atoms with Gasteiger partial charge in [-0.05, 0) is 55.0 Å². The Balaban J connectivity index is 1.26. The predicted octanol–water partition coefficient (Wildman–Crippen LogP) is 6.21. The Bertz CT molecular complexity index is 1150. The van der Waals surface area contributed by atoms with Crippen LogP contribution in [0, 0.1) is 5.92 Å². The number of benzene rings is 2. The van der Waals surface area contributed by atoms with Gasteiger partial charge < -0.3 is 9.74 Å². The van der Waals surface area contributed by atoms with Gasteiger partial charge in [0.25, 0.3) is 0 Å². The zero-order valence-electron chi connectivity index (χ0n) is 18.5. The molecule has 1 atom stereocenters. The molecule has 2 heterocycles. The van der Waals surface area contributed by atoms with Crippen molar-refractivity contribution in [2.24, 2.45) is 11.1 Å². The molecule has 34 heavy (non-hydrogen) atoms. The molecule has 1 aliphatic carbocycles. The molecule has 0 radical (unpaired) electrons. The molecule has 9 heteroatoms. The van der Waals surface area contributed by atoms with Crippen LogP contribution in [0.25, 0.3) is 0 Å². The Labute approximate surface area is 199 Å². The number of carbonyl (C=O) groups excluding carboxylic acids is 1. The topological polar surface area (TPSA) is 41.9 Å². The normalized spacial score (nSPS) is 23.8. The summed E-state index contributed by atoms with van der Waals surface area (Å²) < 4.78 is 54.9. The Kier molecular flexibility index (Phi) is 5.43. The van der Waals surface area contributed by atoms with Crippen LogP contribution in [0.4, 0.5) is 17.6 Å². The number of likely N-dealkylation sites (tertiary alicyclic amines) is 1. The van der Waals surface area contributed by atoms with Crippen LogP contribution in [-0.2, 0) is 27.1 Å². The van der Waals surface area contributed by atoms with E-state index in [1.807, 2.05) is 0 Å². The fourth-order valence-electron chi connectivity index (χ4n) is 4.49. The van der Waals surface area contributed by atoms with Crippen molar-refractivity contribution in [3.63, 3.8) is 0 Å². The number of nitrogens with zero attached hydrogens (tertiary/aromatic N) is 2. The van der Waals surface area contributed by atoms with E-state index in [9.17, 15) is 18.0 Å². The van der Waals surface area contributed by atoms with Gasteiger partial charge in [-0.1, -0.05) is 41.0 Å². The molecule has 2 aliphatic heterocycles. The third-order valence-electron chi connectivity index (χ3n) is 6.83. The molecule has 1 saturated heterocycles. The van der Waals surface area contributed by atoms with Gasteiger partial charge in [0.05, 0.1) is 24.4 Å². The van der Waals surface area contributed by atoms with E-state index in [1.54, 1.807) is 36.1 Å². The van der Waals surface area contributed by atoms with Gasteiger partial charge in [0.15, 0.2) is 11.3 Å². The molecule has 2 fully saturated rings. The number of halogens is 5. The van der Waals surface area contributed by atoms with Gasteiger partial charge in [0.1, 0.15) is 0 Å². The predicted molar refractivity (Wildman–Crippen MR) is 119 cm³/mol. The first-order valence-corrected chi connectivity index (χ1v) is 11.5. The molecule has 2 aromatic carbocycles. The summed E-state index contributed by atoms with van der Waals surface area (Å²) in [4.78, 5) is 19.3. The lowest BCUT2D eigenvalue weighted by molar-refractivity contribution is -0.146. The van der Waals surface area contributed by atoms with Crippen LogP contribution in [0.2, 0.25) is 5.02 Å². The molecular weight excluding hydrogens is 472 g/mol. The highest BCUT2D eigenvalue weighted by Crippen LogP contribution is 2.42.